The van der Waals surface area contributed by atoms with Gasteiger partial charge in [-0.3, -0.25) is 9.59 Å². The molecule has 0 unspecified atom stereocenters. The van der Waals surface area contributed by atoms with Gasteiger partial charge < -0.3 is 20.1 Å². The fraction of sp³-hybridized carbons (Fsp3) is 0.227. The number of hydrogen-bond donors (Lipinski definition) is 2. The Morgan fingerprint density at radius 1 is 1.07 bits per heavy atom. The maximum absolute atomic E-state index is 12.0. The van der Waals surface area contributed by atoms with E-state index in [1.54, 1.807) is 49.6 Å². The third kappa shape index (κ3) is 7.14. The Labute approximate surface area is 169 Å². The second-order valence-corrected chi connectivity index (χ2v) is 6.31. The highest BCUT2D eigenvalue weighted by Gasteiger charge is 2.17. The molecule has 0 aliphatic rings. The fourth-order valence-electron chi connectivity index (χ4n) is 2.37. The Hall–Kier alpha value is -3.61. The monoisotopic (exact) mass is 396 g/mol. The number of nitrogens with one attached hydrogen (secondary N) is 2. The molecule has 7 heteroatoms. The Kier molecular flexibility index (Phi) is 7.97. The number of methoxy groups -OCH3 is 1. The summed E-state index contributed by atoms with van der Waals surface area (Å²) in [5.74, 6) is -0.884. The number of benzene rings is 2. The lowest BCUT2D eigenvalue weighted by Crippen LogP contribution is -2.39. The van der Waals surface area contributed by atoms with Gasteiger partial charge in [0.1, 0.15) is 11.8 Å². The van der Waals surface area contributed by atoms with Crippen LogP contribution in [-0.2, 0) is 19.1 Å². The number of para-hydroxylation sites is 1. The zero-order chi connectivity index (χ0) is 21.2. The first-order valence-corrected chi connectivity index (χ1v) is 9.04. The van der Waals surface area contributed by atoms with Gasteiger partial charge in [-0.2, -0.15) is 0 Å². The van der Waals surface area contributed by atoms with Gasteiger partial charge in [-0.15, -0.1) is 0 Å². The second kappa shape index (κ2) is 10.7. The van der Waals surface area contributed by atoms with Crippen molar-refractivity contribution in [1.29, 1.82) is 0 Å². The molecule has 0 saturated carbocycles. The molecule has 0 radical (unpaired) electrons. The van der Waals surface area contributed by atoms with Gasteiger partial charge in [-0.1, -0.05) is 30.3 Å². The smallest absolute Gasteiger partial charge is 0.328 e. The van der Waals surface area contributed by atoms with Crippen LogP contribution in [0.25, 0.3) is 6.08 Å². The third-order valence-corrected chi connectivity index (χ3v) is 4.02. The molecule has 0 spiro atoms. The predicted octanol–water partition coefficient (Wildman–Crippen LogP) is 2.70. The number of carbonyl (C=O) groups is 3. The quantitative estimate of drug-likeness (QED) is 0.529. The van der Waals surface area contributed by atoms with Crippen LogP contribution in [0.2, 0.25) is 0 Å². The van der Waals surface area contributed by atoms with Gasteiger partial charge in [0.05, 0.1) is 7.11 Å². The molecule has 2 amide bonds. The highest BCUT2D eigenvalue weighted by molar-refractivity contribution is 5.96. The summed E-state index contributed by atoms with van der Waals surface area (Å²) in [6, 6.07) is 13.5. The molecule has 152 valence electrons. The van der Waals surface area contributed by atoms with Crippen molar-refractivity contribution in [2.45, 2.75) is 19.9 Å². The van der Waals surface area contributed by atoms with Crippen LogP contribution in [0.1, 0.15) is 18.1 Å². The Balaban J connectivity index is 1.77. The van der Waals surface area contributed by atoms with Crippen LogP contribution >= 0.6 is 0 Å². The summed E-state index contributed by atoms with van der Waals surface area (Å²) in [6.45, 7) is 2.91. The van der Waals surface area contributed by atoms with Crippen LogP contribution in [0.3, 0.4) is 0 Å². The van der Waals surface area contributed by atoms with Crippen molar-refractivity contribution in [3.8, 4) is 5.75 Å². The van der Waals surface area contributed by atoms with E-state index in [4.69, 9.17) is 9.47 Å². The topological polar surface area (TPSA) is 93.7 Å². The fourth-order valence-corrected chi connectivity index (χ4v) is 2.37. The third-order valence-electron chi connectivity index (χ3n) is 4.02. The maximum atomic E-state index is 12.0. The largest absolute Gasteiger partial charge is 0.497 e. The first-order valence-electron chi connectivity index (χ1n) is 9.04. The summed E-state index contributed by atoms with van der Waals surface area (Å²) in [4.78, 5) is 35.9. The molecule has 2 aromatic rings. The van der Waals surface area contributed by atoms with Crippen LogP contribution in [0, 0.1) is 6.92 Å². The Bertz CT molecular complexity index is 890. The van der Waals surface area contributed by atoms with Gasteiger partial charge in [0.2, 0.25) is 5.91 Å². The van der Waals surface area contributed by atoms with E-state index in [9.17, 15) is 14.4 Å². The average Bonchev–Trinajstić information content (AvgIpc) is 2.72. The highest BCUT2D eigenvalue weighted by atomic mass is 16.5. The summed E-state index contributed by atoms with van der Waals surface area (Å²) < 4.78 is 10.0. The van der Waals surface area contributed by atoms with Crippen LogP contribution < -0.4 is 15.4 Å². The number of amides is 2. The molecule has 7 nitrogen and oxygen atoms in total. The lowest BCUT2D eigenvalue weighted by Gasteiger charge is -2.13. The SMILES string of the molecule is COc1ccc(/C=C/C(=O)N[C@@H](C)C(=O)OCC(=O)Nc2ccccc2C)cc1. The summed E-state index contributed by atoms with van der Waals surface area (Å²) in [5.41, 5.74) is 2.36. The minimum atomic E-state index is -0.894. The van der Waals surface area contributed by atoms with E-state index >= 15 is 0 Å². The van der Waals surface area contributed by atoms with E-state index < -0.39 is 30.4 Å². The molecule has 0 aliphatic heterocycles. The van der Waals surface area contributed by atoms with Gasteiger partial charge in [0.25, 0.3) is 5.91 Å². The first-order chi connectivity index (χ1) is 13.9. The van der Waals surface area contributed by atoms with E-state index in [0.717, 1.165) is 16.9 Å². The van der Waals surface area contributed by atoms with Crippen LogP contribution in [0.5, 0.6) is 5.75 Å². The van der Waals surface area contributed by atoms with Crippen molar-refractivity contribution in [1.82, 2.24) is 5.32 Å². The van der Waals surface area contributed by atoms with E-state index in [-0.39, 0.29) is 0 Å². The molecular formula is C22H24N2O5. The number of ether oxygens (including phenoxy) is 2. The van der Waals surface area contributed by atoms with Crippen LogP contribution in [-0.4, -0.2) is 37.5 Å². The summed E-state index contributed by atoms with van der Waals surface area (Å²) in [5, 5.41) is 5.17. The molecule has 2 aromatic carbocycles. The van der Waals surface area contributed by atoms with Crippen molar-refractivity contribution in [3.05, 3.63) is 65.7 Å². The van der Waals surface area contributed by atoms with Crippen molar-refractivity contribution < 1.29 is 23.9 Å². The predicted molar refractivity (Wildman–Crippen MR) is 110 cm³/mol. The molecular weight excluding hydrogens is 372 g/mol. The van der Waals surface area contributed by atoms with Crippen LogP contribution in [0.15, 0.2) is 54.6 Å². The second-order valence-electron chi connectivity index (χ2n) is 6.31. The average molecular weight is 396 g/mol. The number of carbonyl (C=O) groups excluding carboxylic acids is 3. The number of anilines is 1. The maximum Gasteiger partial charge on any atom is 0.328 e. The summed E-state index contributed by atoms with van der Waals surface area (Å²) in [7, 11) is 1.57. The van der Waals surface area contributed by atoms with Gasteiger partial charge in [0.15, 0.2) is 6.61 Å². The summed E-state index contributed by atoms with van der Waals surface area (Å²) in [6.07, 6.45) is 2.93. The van der Waals surface area contributed by atoms with Crippen molar-refractivity contribution in [3.63, 3.8) is 0 Å². The summed E-state index contributed by atoms with van der Waals surface area (Å²) >= 11 is 0. The molecule has 0 heterocycles. The van der Waals surface area contributed by atoms with E-state index in [1.165, 1.54) is 13.0 Å². The number of aryl methyl sites for hydroxylation is 1. The molecule has 0 fully saturated rings. The lowest BCUT2D eigenvalue weighted by atomic mass is 10.2. The highest BCUT2D eigenvalue weighted by Crippen LogP contribution is 2.13. The molecule has 0 bridgehead atoms. The molecule has 2 N–H and O–H groups in total. The van der Waals surface area contributed by atoms with E-state index in [1.807, 2.05) is 19.1 Å². The van der Waals surface area contributed by atoms with Gasteiger partial charge in [0, 0.05) is 11.8 Å². The molecule has 0 aromatic heterocycles. The first kappa shape index (κ1) is 21.7. The van der Waals surface area contributed by atoms with E-state index in [2.05, 4.69) is 10.6 Å². The number of esters is 1. The molecule has 0 aliphatic carbocycles. The Morgan fingerprint density at radius 2 is 1.76 bits per heavy atom. The van der Waals surface area contributed by atoms with E-state index in [0.29, 0.717) is 5.69 Å². The standard InChI is InChI=1S/C22H24N2O5/c1-15-6-4-5-7-19(15)24-21(26)14-29-22(27)16(2)23-20(25)13-10-17-8-11-18(28-3)12-9-17/h4-13,16H,14H2,1-3H3,(H,23,25)(H,24,26)/b13-10+/t16-/m0/s1. The minimum Gasteiger partial charge on any atom is -0.497 e. The molecule has 2 rings (SSSR count). The Morgan fingerprint density at radius 3 is 2.41 bits per heavy atom. The van der Waals surface area contributed by atoms with Crippen LogP contribution in [0.4, 0.5) is 5.69 Å². The zero-order valence-electron chi connectivity index (χ0n) is 16.6. The molecule has 0 saturated heterocycles. The molecule has 29 heavy (non-hydrogen) atoms. The van der Waals surface area contributed by atoms with Crippen molar-refractivity contribution in [2.24, 2.45) is 0 Å². The van der Waals surface area contributed by atoms with Crippen molar-refractivity contribution in [2.75, 3.05) is 19.0 Å². The van der Waals surface area contributed by atoms with Gasteiger partial charge >= 0.3 is 5.97 Å². The van der Waals surface area contributed by atoms with Gasteiger partial charge in [-0.05, 0) is 49.2 Å². The zero-order valence-corrected chi connectivity index (χ0v) is 16.6. The van der Waals surface area contributed by atoms with Crippen molar-refractivity contribution >= 4 is 29.5 Å². The lowest BCUT2D eigenvalue weighted by molar-refractivity contribution is -0.149. The molecule has 1 atom stereocenters. The minimum absolute atomic E-state index is 0.435. The normalized spacial score (nSPS) is 11.6. The number of hydrogen-bond acceptors (Lipinski definition) is 5. The number of rotatable bonds is 8. The van der Waals surface area contributed by atoms with Gasteiger partial charge in [-0.25, -0.2) is 4.79 Å².